The molecule has 5 heteroatoms. The Hall–Kier alpha value is -0.870. The first kappa shape index (κ1) is 10.6. The number of aliphatic hydroxyl groups excluding tert-OH is 1. The van der Waals surface area contributed by atoms with Crippen LogP contribution in [0.15, 0.2) is 6.07 Å². The molecule has 2 rings (SSSR count). The van der Waals surface area contributed by atoms with E-state index in [1.165, 1.54) is 0 Å². The topological polar surface area (TPSA) is 58.0 Å². The van der Waals surface area contributed by atoms with Gasteiger partial charge in [-0.3, -0.25) is 0 Å². The first-order chi connectivity index (χ1) is 7.13. The fourth-order valence-corrected chi connectivity index (χ4v) is 1.69. The van der Waals surface area contributed by atoms with Gasteiger partial charge in [-0.2, -0.15) is 0 Å². The summed E-state index contributed by atoms with van der Waals surface area (Å²) in [6, 6.07) is 1.85. The van der Waals surface area contributed by atoms with Gasteiger partial charge >= 0.3 is 0 Å². The summed E-state index contributed by atoms with van der Waals surface area (Å²) >= 11 is 5.74. The van der Waals surface area contributed by atoms with Crippen LogP contribution in [0, 0.1) is 12.3 Å². The van der Waals surface area contributed by atoms with Crippen molar-refractivity contribution in [1.29, 1.82) is 0 Å². The lowest BCUT2D eigenvalue weighted by molar-refractivity contribution is 0.219. The second kappa shape index (κ2) is 3.94. The van der Waals surface area contributed by atoms with Crippen LogP contribution in [0.5, 0.6) is 0 Å². The maximum atomic E-state index is 9.14. The second-order valence-electron chi connectivity index (χ2n) is 4.18. The lowest BCUT2D eigenvalue weighted by Gasteiger charge is -2.13. The number of hydrogen-bond acceptors (Lipinski definition) is 4. The van der Waals surface area contributed by atoms with Crippen molar-refractivity contribution < 1.29 is 5.11 Å². The van der Waals surface area contributed by atoms with E-state index in [9.17, 15) is 0 Å². The number of aromatic nitrogens is 2. The molecule has 1 aromatic rings. The van der Waals surface area contributed by atoms with Gasteiger partial charge in [0.05, 0.1) is 6.61 Å². The average Bonchev–Trinajstić information content (AvgIpc) is 2.94. The lowest BCUT2D eigenvalue weighted by atomic mass is 10.1. The Labute approximate surface area is 93.7 Å². The number of aliphatic hydroxyl groups is 1. The molecule has 15 heavy (non-hydrogen) atoms. The number of nitrogens with one attached hydrogen (secondary N) is 1. The number of hydrogen-bond donors (Lipinski definition) is 2. The Morgan fingerprint density at radius 2 is 2.27 bits per heavy atom. The molecule has 1 aliphatic carbocycles. The summed E-state index contributed by atoms with van der Waals surface area (Å²) in [5.41, 5.74) is 0.914. The first-order valence-corrected chi connectivity index (χ1v) is 5.37. The van der Waals surface area contributed by atoms with Gasteiger partial charge in [-0.05, 0) is 31.4 Å². The van der Waals surface area contributed by atoms with Crippen molar-refractivity contribution >= 4 is 17.4 Å². The molecule has 1 heterocycles. The molecule has 1 aromatic heterocycles. The lowest BCUT2D eigenvalue weighted by Crippen LogP contribution is -2.19. The summed E-state index contributed by atoms with van der Waals surface area (Å²) in [7, 11) is 0. The van der Waals surface area contributed by atoms with Crippen LogP contribution in [-0.4, -0.2) is 28.2 Å². The highest BCUT2D eigenvalue weighted by Gasteiger charge is 2.41. The molecule has 0 saturated heterocycles. The molecule has 1 aliphatic rings. The van der Waals surface area contributed by atoms with Crippen LogP contribution in [0.4, 0.5) is 5.82 Å². The van der Waals surface area contributed by atoms with E-state index >= 15 is 0 Å². The fraction of sp³-hybridized carbons (Fsp3) is 0.600. The van der Waals surface area contributed by atoms with Gasteiger partial charge in [0.2, 0.25) is 5.28 Å². The Kier molecular flexibility index (Phi) is 2.80. The van der Waals surface area contributed by atoms with Gasteiger partial charge < -0.3 is 10.4 Å². The highest BCUT2D eigenvalue weighted by molar-refractivity contribution is 6.28. The van der Waals surface area contributed by atoms with Crippen molar-refractivity contribution in [3.05, 3.63) is 17.0 Å². The van der Waals surface area contributed by atoms with Gasteiger partial charge in [0, 0.05) is 23.7 Å². The fourth-order valence-electron chi connectivity index (χ4n) is 1.47. The van der Waals surface area contributed by atoms with E-state index in [4.69, 9.17) is 16.7 Å². The van der Waals surface area contributed by atoms with E-state index < -0.39 is 0 Å². The van der Waals surface area contributed by atoms with E-state index in [1.54, 1.807) is 0 Å². The van der Waals surface area contributed by atoms with Crippen molar-refractivity contribution in [3.8, 4) is 0 Å². The van der Waals surface area contributed by atoms with Crippen LogP contribution in [-0.2, 0) is 0 Å². The number of nitrogens with zero attached hydrogens (tertiary/aromatic N) is 2. The molecular weight excluding hydrogens is 214 g/mol. The van der Waals surface area contributed by atoms with Crippen molar-refractivity contribution in [1.82, 2.24) is 9.97 Å². The third kappa shape index (κ3) is 2.58. The van der Waals surface area contributed by atoms with Gasteiger partial charge in [-0.1, -0.05) is 0 Å². The zero-order chi connectivity index (χ0) is 10.9. The third-order valence-electron chi connectivity index (χ3n) is 2.76. The van der Waals surface area contributed by atoms with Gasteiger partial charge in [0.1, 0.15) is 5.82 Å². The standard InChI is InChI=1S/C10H14ClN3O/c1-7-4-8(14-9(11)13-7)12-5-10(6-15)2-3-10/h4,15H,2-3,5-6H2,1H3,(H,12,13,14). The minimum absolute atomic E-state index is 0.0747. The van der Waals surface area contributed by atoms with Crippen molar-refractivity contribution in [2.24, 2.45) is 5.41 Å². The van der Waals surface area contributed by atoms with Gasteiger partial charge in [0.25, 0.3) is 0 Å². The van der Waals surface area contributed by atoms with Crippen molar-refractivity contribution in [2.75, 3.05) is 18.5 Å². The SMILES string of the molecule is Cc1cc(NCC2(CO)CC2)nc(Cl)n1. The van der Waals surface area contributed by atoms with E-state index in [-0.39, 0.29) is 17.3 Å². The van der Waals surface area contributed by atoms with E-state index in [0.29, 0.717) is 0 Å². The molecule has 0 unspecified atom stereocenters. The Balaban J connectivity index is 1.99. The quantitative estimate of drug-likeness (QED) is 0.768. The summed E-state index contributed by atoms with van der Waals surface area (Å²) in [5.74, 6) is 0.729. The number of halogens is 1. The minimum atomic E-state index is 0.0747. The molecule has 0 atom stereocenters. The van der Waals surface area contributed by atoms with E-state index in [1.807, 2.05) is 13.0 Å². The molecule has 0 aliphatic heterocycles. The maximum absolute atomic E-state index is 9.14. The predicted molar refractivity (Wildman–Crippen MR) is 59.0 cm³/mol. The highest BCUT2D eigenvalue weighted by atomic mass is 35.5. The molecule has 0 amide bonds. The molecule has 2 N–H and O–H groups in total. The minimum Gasteiger partial charge on any atom is -0.396 e. The van der Waals surface area contributed by atoms with Gasteiger partial charge in [0.15, 0.2) is 0 Å². The smallest absolute Gasteiger partial charge is 0.224 e. The van der Waals surface area contributed by atoms with Crippen molar-refractivity contribution in [3.63, 3.8) is 0 Å². The summed E-state index contributed by atoms with van der Waals surface area (Å²) in [6.45, 7) is 2.85. The van der Waals surface area contributed by atoms with E-state index in [2.05, 4.69) is 15.3 Å². The first-order valence-electron chi connectivity index (χ1n) is 4.99. The summed E-state index contributed by atoms with van der Waals surface area (Å²) < 4.78 is 0. The molecule has 0 bridgehead atoms. The van der Waals surface area contributed by atoms with Crippen LogP contribution in [0.1, 0.15) is 18.5 Å². The van der Waals surface area contributed by atoms with Crippen LogP contribution in [0.3, 0.4) is 0 Å². The molecule has 0 radical (unpaired) electrons. The van der Waals surface area contributed by atoms with Crippen LogP contribution < -0.4 is 5.32 Å². The second-order valence-corrected chi connectivity index (χ2v) is 4.51. The van der Waals surface area contributed by atoms with Gasteiger partial charge in [-0.25, -0.2) is 9.97 Å². The summed E-state index contributed by atoms with van der Waals surface area (Å²) in [5, 5.41) is 12.6. The van der Waals surface area contributed by atoms with Crippen LogP contribution in [0.2, 0.25) is 5.28 Å². The van der Waals surface area contributed by atoms with Crippen LogP contribution >= 0.6 is 11.6 Å². The summed E-state index contributed by atoms with van der Waals surface area (Å²) in [6.07, 6.45) is 2.16. The average molecular weight is 228 g/mol. The molecule has 1 saturated carbocycles. The molecule has 82 valence electrons. The highest BCUT2D eigenvalue weighted by Crippen LogP contribution is 2.44. The Morgan fingerprint density at radius 1 is 1.53 bits per heavy atom. The molecular formula is C10H14ClN3O. The zero-order valence-electron chi connectivity index (χ0n) is 8.63. The monoisotopic (exact) mass is 227 g/mol. The largest absolute Gasteiger partial charge is 0.396 e. The molecule has 1 fully saturated rings. The number of rotatable bonds is 4. The Bertz CT molecular complexity index is 345. The maximum Gasteiger partial charge on any atom is 0.224 e. The Morgan fingerprint density at radius 3 is 2.80 bits per heavy atom. The molecule has 0 spiro atoms. The van der Waals surface area contributed by atoms with Gasteiger partial charge in [-0.15, -0.1) is 0 Å². The van der Waals surface area contributed by atoms with Crippen molar-refractivity contribution in [2.45, 2.75) is 19.8 Å². The number of anilines is 1. The predicted octanol–water partition coefficient (Wildman–Crippen LogP) is 1.62. The van der Waals surface area contributed by atoms with E-state index in [0.717, 1.165) is 30.9 Å². The molecule has 4 nitrogen and oxygen atoms in total. The zero-order valence-corrected chi connectivity index (χ0v) is 9.38. The number of aryl methyl sites for hydroxylation is 1. The normalized spacial score (nSPS) is 17.5. The van der Waals surface area contributed by atoms with Crippen LogP contribution in [0.25, 0.3) is 0 Å². The molecule has 0 aromatic carbocycles. The summed E-state index contributed by atoms with van der Waals surface area (Å²) in [4.78, 5) is 8.04. The third-order valence-corrected chi connectivity index (χ3v) is 2.93.